The minimum atomic E-state index is -0.272. The summed E-state index contributed by atoms with van der Waals surface area (Å²) in [4.78, 5) is 12.1. The molecule has 0 saturated heterocycles. The number of hydrogen-bond acceptors (Lipinski definition) is 4. The number of rotatable bonds is 7. The van der Waals surface area contributed by atoms with E-state index in [1.54, 1.807) is 19.2 Å². The van der Waals surface area contributed by atoms with Gasteiger partial charge in [0.2, 0.25) is 0 Å². The van der Waals surface area contributed by atoms with E-state index in [2.05, 4.69) is 10.6 Å². The summed E-state index contributed by atoms with van der Waals surface area (Å²) in [5.41, 5.74) is 3.83. The molecule has 0 heterocycles. The van der Waals surface area contributed by atoms with Crippen LogP contribution in [0.1, 0.15) is 16.7 Å². The molecular weight excluding hydrogens is 320 g/mol. The number of ether oxygens (including phenoxy) is 2. The van der Waals surface area contributed by atoms with Crippen molar-refractivity contribution in [3.8, 4) is 11.5 Å². The minimum absolute atomic E-state index is 0.0644. The SMILES string of the molecule is COc1cc(CNC(=O)Nc2ccc(C)cc2C)ccc1OCCO. The van der Waals surface area contributed by atoms with Gasteiger partial charge in [-0.15, -0.1) is 0 Å². The van der Waals surface area contributed by atoms with Crippen LogP contribution in [0, 0.1) is 13.8 Å². The van der Waals surface area contributed by atoms with E-state index in [1.807, 2.05) is 38.1 Å². The van der Waals surface area contributed by atoms with Crippen LogP contribution in [0.15, 0.2) is 36.4 Å². The summed E-state index contributed by atoms with van der Waals surface area (Å²) in [7, 11) is 1.55. The lowest BCUT2D eigenvalue weighted by Gasteiger charge is -2.13. The molecule has 0 aliphatic carbocycles. The lowest BCUT2D eigenvalue weighted by atomic mass is 10.1. The quantitative estimate of drug-likeness (QED) is 0.721. The van der Waals surface area contributed by atoms with Crippen LogP contribution in [-0.4, -0.2) is 31.5 Å². The zero-order chi connectivity index (χ0) is 18.2. The van der Waals surface area contributed by atoms with Gasteiger partial charge in [-0.1, -0.05) is 23.8 Å². The highest BCUT2D eigenvalue weighted by atomic mass is 16.5. The lowest BCUT2D eigenvalue weighted by Crippen LogP contribution is -2.28. The molecule has 134 valence electrons. The van der Waals surface area contributed by atoms with Gasteiger partial charge in [0.15, 0.2) is 11.5 Å². The molecule has 2 rings (SSSR count). The largest absolute Gasteiger partial charge is 0.493 e. The fraction of sp³-hybridized carbons (Fsp3) is 0.316. The summed E-state index contributed by atoms with van der Waals surface area (Å²) < 4.78 is 10.7. The Balaban J connectivity index is 1.94. The normalized spacial score (nSPS) is 10.2. The zero-order valence-corrected chi connectivity index (χ0v) is 14.8. The third kappa shape index (κ3) is 5.39. The number of aliphatic hydroxyl groups is 1. The van der Waals surface area contributed by atoms with Gasteiger partial charge in [0, 0.05) is 12.2 Å². The highest BCUT2D eigenvalue weighted by Gasteiger charge is 2.08. The average molecular weight is 344 g/mol. The van der Waals surface area contributed by atoms with E-state index in [0.717, 1.165) is 22.4 Å². The smallest absolute Gasteiger partial charge is 0.319 e. The van der Waals surface area contributed by atoms with Crippen LogP contribution >= 0.6 is 0 Å². The number of anilines is 1. The molecule has 25 heavy (non-hydrogen) atoms. The van der Waals surface area contributed by atoms with Crippen LogP contribution in [0.2, 0.25) is 0 Å². The van der Waals surface area contributed by atoms with Crippen molar-refractivity contribution in [1.82, 2.24) is 5.32 Å². The monoisotopic (exact) mass is 344 g/mol. The molecule has 0 atom stereocenters. The van der Waals surface area contributed by atoms with E-state index in [-0.39, 0.29) is 19.2 Å². The number of urea groups is 1. The molecule has 3 N–H and O–H groups in total. The molecule has 0 saturated carbocycles. The molecule has 0 radical (unpaired) electrons. The Morgan fingerprint density at radius 1 is 1.12 bits per heavy atom. The second-order valence-electron chi connectivity index (χ2n) is 5.68. The Hall–Kier alpha value is -2.73. The molecule has 2 aromatic rings. The Labute approximate surface area is 147 Å². The van der Waals surface area contributed by atoms with Crippen LogP contribution in [-0.2, 0) is 6.54 Å². The zero-order valence-electron chi connectivity index (χ0n) is 14.8. The van der Waals surface area contributed by atoms with Crippen molar-refractivity contribution in [1.29, 1.82) is 0 Å². The molecule has 0 aliphatic heterocycles. The second kappa shape index (κ2) is 8.94. The first-order valence-corrected chi connectivity index (χ1v) is 8.06. The standard InChI is InChI=1S/C19H24N2O4/c1-13-4-6-16(14(2)10-13)21-19(23)20-12-15-5-7-17(25-9-8-22)18(11-15)24-3/h4-7,10-11,22H,8-9,12H2,1-3H3,(H2,20,21,23). The fourth-order valence-electron chi connectivity index (χ4n) is 2.40. The molecule has 0 bridgehead atoms. The highest BCUT2D eigenvalue weighted by Crippen LogP contribution is 2.28. The lowest BCUT2D eigenvalue weighted by molar-refractivity contribution is 0.196. The Morgan fingerprint density at radius 2 is 1.92 bits per heavy atom. The van der Waals surface area contributed by atoms with Crippen molar-refractivity contribution < 1.29 is 19.4 Å². The molecular formula is C19H24N2O4. The predicted molar refractivity (Wildman–Crippen MR) is 97.3 cm³/mol. The van der Waals surface area contributed by atoms with Crippen molar-refractivity contribution in [3.63, 3.8) is 0 Å². The summed E-state index contributed by atoms with van der Waals surface area (Å²) in [5, 5.41) is 14.5. The molecule has 0 aromatic heterocycles. The van der Waals surface area contributed by atoms with Gasteiger partial charge >= 0.3 is 6.03 Å². The van der Waals surface area contributed by atoms with Gasteiger partial charge in [0.1, 0.15) is 6.61 Å². The van der Waals surface area contributed by atoms with Crippen LogP contribution in [0.5, 0.6) is 11.5 Å². The number of aryl methyl sites for hydroxylation is 2. The van der Waals surface area contributed by atoms with Gasteiger partial charge in [-0.05, 0) is 43.2 Å². The Bertz CT molecular complexity index is 731. The number of carbonyl (C=O) groups is 1. The van der Waals surface area contributed by atoms with E-state index in [4.69, 9.17) is 14.6 Å². The average Bonchev–Trinajstić information content (AvgIpc) is 2.60. The van der Waals surface area contributed by atoms with Crippen molar-refractivity contribution in [2.24, 2.45) is 0 Å². The van der Waals surface area contributed by atoms with E-state index in [9.17, 15) is 4.79 Å². The van der Waals surface area contributed by atoms with Gasteiger partial charge in [0.05, 0.1) is 13.7 Å². The van der Waals surface area contributed by atoms with E-state index < -0.39 is 0 Å². The fourth-order valence-corrected chi connectivity index (χ4v) is 2.40. The van der Waals surface area contributed by atoms with Gasteiger partial charge in [-0.3, -0.25) is 0 Å². The second-order valence-corrected chi connectivity index (χ2v) is 5.68. The first-order chi connectivity index (χ1) is 12.0. The number of hydrogen-bond donors (Lipinski definition) is 3. The van der Waals surface area contributed by atoms with Gasteiger partial charge < -0.3 is 25.2 Å². The molecule has 0 fully saturated rings. The minimum Gasteiger partial charge on any atom is -0.493 e. The Morgan fingerprint density at radius 3 is 2.60 bits per heavy atom. The van der Waals surface area contributed by atoms with Crippen LogP contribution in [0.25, 0.3) is 0 Å². The van der Waals surface area contributed by atoms with E-state index in [0.29, 0.717) is 18.0 Å². The van der Waals surface area contributed by atoms with Gasteiger partial charge in [-0.2, -0.15) is 0 Å². The maximum atomic E-state index is 12.1. The number of carbonyl (C=O) groups excluding carboxylic acids is 1. The summed E-state index contributed by atoms with van der Waals surface area (Å²) in [5.74, 6) is 1.11. The molecule has 0 unspecified atom stereocenters. The summed E-state index contributed by atoms with van der Waals surface area (Å²) in [6.07, 6.45) is 0. The van der Waals surface area contributed by atoms with Crippen LogP contribution < -0.4 is 20.1 Å². The van der Waals surface area contributed by atoms with Crippen LogP contribution in [0.4, 0.5) is 10.5 Å². The number of methoxy groups -OCH3 is 1. The number of benzene rings is 2. The molecule has 6 nitrogen and oxygen atoms in total. The van der Waals surface area contributed by atoms with E-state index in [1.165, 1.54) is 0 Å². The number of nitrogens with one attached hydrogen (secondary N) is 2. The van der Waals surface area contributed by atoms with Gasteiger partial charge in [-0.25, -0.2) is 4.79 Å². The molecule has 0 spiro atoms. The number of amides is 2. The first-order valence-electron chi connectivity index (χ1n) is 8.06. The summed E-state index contributed by atoms with van der Waals surface area (Å²) >= 11 is 0. The van der Waals surface area contributed by atoms with Crippen molar-refractivity contribution >= 4 is 11.7 Å². The first kappa shape index (κ1) is 18.6. The third-order valence-corrected chi connectivity index (χ3v) is 3.66. The molecule has 2 aromatic carbocycles. The van der Waals surface area contributed by atoms with Crippen LogP contribution in [0.3, 0.4) is 0 Å². The molecule has 6 heteroatoms. The number of aliphatic hydroxyl groups excluding tert-OH is 1. The summed E-state index contributed by atoms with van der Waals surface area (Å²) in [6.45, 7) is 4.46. The third-order valence-electron chi connectivity index (χ3n) is 3.66. The maximum absolute atomic E-state index is 12.1. The summed E-state index contributed by atoms with van der Waals surface area (Å²) in [6, 6.07) is 11.0. The topological polar surface area (TPSA) is 79.8 Å². The van der Waals surface area contributed by atoms with Gasteiger partial charge in [0.25, 0.3) is 0 Å². The van der Waals surface area contributed by atoms with Crippen molar-refractivity contribution in [3.05, 3.63) is 53.1 Å². The molecule has 0 aliphatic rings. The molecule has 2 amide bonds. The highest BCUT2D eigenvalue weighted by molar-refractivity contribution is 5.90. The predicted octanol–water partition coefficient (Wildman–Crippen LogP) is 3.00. The maximum Gasteiger partial charge on any atom is 0.319 e. The van der Waals surface area contributed by atoms with E-state index >= 15 is 0 Å². The van der Waals surface area contributed by atoms with Crippen molar-refractivity contribution in [2.45, 2.75) is 20.4 Å². The van der Waals surface area contributed by atoms with Crippen molar-refractivity contribution in [2.75, 3.05) is 25.6 Å². The Kier molecular flexibility index (Phi) is 6.65.